The molecule has 1 rings (SSSR count). The van der Waals surface area contributed by atoms with Gasteiger partial charge < -0.3 is 20.1 Å². The number of amides is 1. The van der Waals surface area contributed by atoms with Crippen LogP contribution in [0, 0.1) is 5.41 Å². The molecule has 0 fully saturated rings. The monoisotopic (exact) mass is 352 g/mol. The number of carbonyl (C=O) groups is 1. The van der Waals surface area contributed by atoms with Crippen LogP contribution in [0.3, 0.4) is 0 Å². The van der Waals surface area contributed by atoms with Crippen LogP contribution in [0.2, 0.25) is 0 Å². The minimum absolute atomic E-state index is 0.114. The van der Waals surface area contributed by atoms with Gasteiger partial charge in [-0.2, -0.15) is 0 Å². The van der Waals surface area contributed by atoms with Crippen molar-refractivity contribution >= 4 is 23.2 Å². The molecule has 0 saturated carbocycles. The first-order valence-electron chi connectivity index (χ1n) is 8.17. The zero-order chi connectivity index (χ0) is 18.2. The van der Waals surface area contributed by atoms with Crippen molar-refractivity contribution in [1.82, 2.24) is 10.6 Å². The van der Waals surface area contributed by atoms with E-state index in [-0.39, 0.29) is 5.91 Å². The highest BCUT2D eigenvalue weighted by atomic mass is 32.1. The van der Waals surface area contributed by atoms with E-state index in [2.05, 4.69) is 17.6 Å². The van der Waals surface area contributed by atoms with Crippen LogP contribution in [0.5, 0.6) is 11.5 Å². The van der Waals surface area contributed by atoms with E-state index >= 15 is 0 Å². The normalized spacial score (nSPS) is 10.9. The summed E-state index contributed by atoms with van der Waals surface area (Å²) in [5, 5.41) is 6.03. The Morgan fingerprint density at radius 2 is 1.96 bits per heavy atom. The molecule has 0 spiro atoms. The largest absolute Gasteiger partial charge is 0.493 e. The summed E-state index contributed by atoms with van der Waals surface area (Å²) in [5.74, 6) is 1.31. The Hall–Kier alpha value is -1.82. The number of ether oxygens (including phenoxy) is 2. The Kier molecular flexibility index (Phi) is 7.98. The highest BCUT2D eigenvalue weighted by molar-refractivity contribution is 7.80. The number of nitrogens with one attached hydrogen (secondary N) is 2. The fourth-order valence-electron chi connectivity index (χ4n) is 1.78. The Morgan fingerprint density at radius 1 is 1.25 bits per heavy atom. The molecular formula is C18H28N2O3S. The zero-order valence-electron chi connectivity index (χ0n) is 15.2. The molecule has 0 aliphatic heterocycles. The lowest BCUT2D eigenvalue weighted by atomic mass is 9.96. The number of unbranched alkanes of at least 4 members (excludes halogenated alkanes) is 1. The SMILES string of the molecule is CCCCOc1ccc(CNC(=S)NC(=O)C(C)(C)C)cc1OC. The van der Waals surface area contributed by atoms with Crippen LogP contribution >= 0.6 is 12.2 Å². The van der Waals surface area contributed by atoms with Crippen molar-refractivity contribution in [3.05, 3.63) is 23.8 Å². The standard InChI is InChI=1S/C18H28N2O3S/c1-6-7-10-23-14-9-8-13(11-15(14)22-5)12-19-17(24)20-16(21)18(2,3)4/h8-9,11H,6-7,10,12H2,1-5H3,(H2,19,20,21,24). The Labute approximate surface area is 150 Å². The van der Waals surface area contributed by atoms with E-state index in [1.165, 1.54) is 0 Å². The molecule has 5 nitrogen and oxygen atoms in total. The topological polar surface area (TPSA) is 59.6 Å². The van der Waals surface area contributed by atoms with Crippen molar-refractivity contribution in [2.45, 2.75) is 47.1 Å². The molecule has 0 aromatic heterocycles. The van der Waals surface area contributed by atoms with Gasteiger partial charge in [0.25, 0.3) is 0 Å². The number of thiocarbonyl (C=S) groups is 1. The van der Waals surface area contributed by atoms with Crippen LogP contribution in [0.1, 0.15) is 46.1 Å². The second-order valence-electron chi connectivity index (χ2n) is 6.57. The zero-order valence-corrected chi connectivity index (χ0v) is 16.0. The first-order chi connectivity index (χ1) is 11.3. The Balaban J connectivity index is 2.59. The van der Waals surface area contributed by atoms with E-state index in [0.717, 1.165) is 24.2 Å². The third kappa shape index (κ3) is 6.74. The molecule has 0 atom stereocenters. The summed E-state index contributed by atoms with van der Waals surface area (Å²) in [4.78, 5) is 11.9. The fourth-order valence-corrected chi connectivity index (χ4v) is 1.95. The van der Waals surface area contributed by atoms with E-state index in [4.69, 9.17) is 21.7 Å². The third-order valence-electron chi connectivity index (χ3n) is 3.34. The molecule has 0 heterocycles. The molecule has 1 aromatic rings. The van der Waals surface area contributed by atoms with Crippen LogP contribution in [-0.4, -0.2) is 24.7 Å². The number of benzene rings is 1. The second kappa shape index (κ2) is 9.47. The van der Waals surface area contributed by atoms with Crippen LogP contribution in [0.25, 0.3) is 0 Å². The molecule has 134 valence electrons. The van der Waals surface area contributed by atoms with Gasteiger partial charge in [0, 0.05) is 12.0 Å². The van der Waals surface area contributed by atoms with Gasteiger partial charge in [-0.05, 0) is 36.3 Å². The summed E-state index contributed by atoms with van der Waals surface area (Å²) in [6, 6.07) is 5.75. The Bertz CT molecular complexity index is 568. The molecule has 2 N–H and O–H groups in total. The summed E-state index contributed by atoms with van der Waals surface area (Å²) < 4.78 is 11.1. The maximum absolute atomic E-state index is 11.9. The lowest BCUT2D eigenvalue weighted by Gasteiger charge is -2.18. The van der Waals surface area contributed by atoms with Gasteiger partial charge in [0.15, 0.2) is 16.6 Å². The molecule has 0 radical (unpaired) electrons. The van der Waals surface area contributed by atoms with Gasteiger partial charge in [0.05, 0.1) is 13.7 Å². The van der Waals surface area contributed by atoms with Crippen molar-refractivity contribution < 1.29 is 14.3 Å². The number of methoxy groups -OCH3 is 1. The average molecular weight is 353 g/mol. The Morgan fingerprint density at radius 3 is 2.54 bits per heavy atom. The molecule has 1 aromatic carbocycles. The van der Waals surface area contributed by atoms with Gasteiger partial charge in [0.2, 0.25) is 5.91 Å². The highest BCUT2D eigenvalue weighted by Crippen LogP contribution is 2.28. The van der Waals surface area contributed by atoms with Crippen LogP contribution in [0.4, 0.5) is 0 Å². The molecule has 0 aliphatic rings. The van der Waals surface area contributed by atoms with Crippen molar-refractivity contribution in [3.63, 3.8) is 0 Å². The predicted molar refractivity (Wildman–Crippen MR) is 100 cm³/mol. The number of carbonyl (C=O) groups excluding carboxylic acids is 1. The first kappa shape index (κ1) is 20.2. The van der Waals surface area contributed by atoms with Crippen molar-refractivity contribution in [1.29, 1.82) is 0 Å². The van der Waals surface area contributed by atoms with Gasteiger partial charge in [0.1, 0.15) is 0 Å². The van der Waals surface area contributed by atoms with Crippen LogP contribution in [0.15, 0.2) is 18.2 Å². The lowest BCUT2D eigenvalue weighted by molar-refractivity contribution is -0.126. The third-order valence-corrected chi connectivity index (χ3v) is 3.59. The number of hydrogen-bond acceptors (Lipinski definition) is 4. The molecule has 24 heavy (non-hydrogen) atoms. The average Bonchev–Trinajstić information content (AvgIpc) is 2.52. The molecule has 0 bridgehead atoms. The van der Waals surface area contributed by atoms with Gasteiger partial charge in [-0.3, -0.25) is 4.79 Å². The summed E-state index contributed by atoms with van der Waals surface area (Å²) in [7, 11) is 1.62. The maximum Gasteiger partial charge on any atom is 0.231 e. The van der Waals surface area contributed by atoms with Crippen LogP contribution < -0.4 is 20.1 Å². The van der Waals surface area contributed by atoms with Gasteiger partial charge in [-0.25, -0.2) is 0 Å². The van der Waals surface area contributed by atoms with Crippen molar-refractivity contribution in [2.24, 2.45) is 5.41 Å². The highest BCUT2D eigenvalue weighted by Gasteiger charge is 2.21. The molecule has 0 unspecified atom stereocenters. The smallest absolute Gasteiger partial charge is 0.231 e. The predicted octanol–water partition coefficient (Wildman–Crippen LogP) is 3.41. The molecule has 6 heteroatoms. The molecular weight excluding hydrogens is 324 g/mol. The number of rotatable bonds is 7. The molecule has 0 aliphatic carbocycles. The number of hydrogen-bond donors (Lipinski definition) is 2. The summed E-state index contributed by atoms with van der Waals surface area (Å²) in [6.07, 6.45) is 2.09. The summed E-state index contributed by atoms with van der Waals surface area (Å²) in [5.41, 5.74) is 0.508. The lowest BCUT2D eigenvalue weighted by Crippen LogP contribution is -2.44. The first-order valence-corrected chi connectivity index (χ1v) is 8.57. The van der Waals surface area contributed by atoms with Gasteiger partial charge >= 0.3 is 0 Å². The minimum atomic E-state index is -0.480. The van der Waals surface area contributed by atoms with E-state index in [9.17, 15) is 4.79 Å². The van der Waals surface area contributed by atoms with E-state index in [0.29, 0.717) is 24.0 Å². The van der Waals surface area contributed by atoms with Crippen molar-refractivity contribution in [3.8, 4) is 11.5 Å². The van der Waals surface area contributed by atoms with Gasteiger partial charge in [-0.1, -0.05) is 40.2 Å². The van der Waals surface area contributed by atoms with E-state index < -0.39 is 5.41 Å². The fraction of sp³-hybridized carbons (Fsp3) is 0.556. The minimum Gasteiger partial charge on any atom is -0.493 e. The summed E-state index contributed by atoms with van der Waals surface area (Å²) in [6.45, 7) is 8.81. The maximum atomic E-state index is 11.9. The quantitative estimate of drug-likeness (QED) is 0.582. The molecule has 0 saturated heterocycles. The summed E-state index contributed by atoms with van der Waals surface area (Å²) >= 11 is 5.16. The molecule has 1 amide bonds. The van der Waals surface area contributed by atoms with Gasteiger partial charge in [-0.15, -0.1) is 0 Å². The van der Waals surface area contributed by atoms with Crippen LogP contribution in [-0.2, 0) is 11.3 Å². The van der Waals surface area contributed by atoms with Crippen molar-refractivity contribution in [2.75, 3.05) is 13.7 Å². The van der Waals surface area contributed by atoms with E-state index in [1.54, 1.807) is 7.11 Å². The second-order valence-corrected chi connectivity index (χ2v) is 6.98. The van der Waals surface area contributed by atoms with E-state index in [1.807, 2.05) is 39.0 Å².